The van der Waals surface area contributed by atoms with Gasteiger partial charge < -0.3 is 5.32 Å². The van der Waals surface area contributed by atoms with Crippen LogP contribution in [0.4, 0.5) is 0 Å². The molecule has 1 aliphatic heterocycles. The van der Waals surface area contributed by atoms with Crippen molar-refractivity contribution < 1.29 is 19.5 Å². The molecule has 0 bridgehead atoms. The fourth-order valence-electron chi connectivity index (χ4n) is 1.88. The van der Waals surface area contributed by atoms with Crippen molar-refractivity contribution in [1.29, 1.82) is 0 Å². The normalized spacial score (nSPS) is 32.3. The van der Waals surface area contributed by atoms with Crippen molar-refractivity contribution in [2.45, 2.75) is 0 Å². The Kier molecular flexibility index (Phi) is 16.2. The zero-order chi connectivity index (χ0) is 11.1. The number of rotatable bonds is 0. The number of nitrogens with zero attached hydrogens (tertiary/aromatic N) is 1. The Morgan fingerprint density at radius 2 is 0.941 bits per heavy atom. The maximum atomic E-state index is 4.68. The van der Waals surface area contributed by atoms with Gasteiger partial charge in [-0.05, 0) is 15.8 Å². The van der Waals surface area contributed by atoms with Crippen LogP contribution in [-0.4, -0.2) is 78.5 Å². The minimum absolute atomic E-state index is 0. The molecule has 4 radical (unpaired) electrons. The van der Waals surface area contributed by atoms with Gasteiger partial charge in [0.15, 0.2) is 0 Å². The van der Waals surface area contributed by atoms with Gasteiger partial charge in [0.1, 0.15) is 0 Å². The molecular formula is C11H28BNP3Ru+3. The van der Waals surface area contributed by atoms with Crippen LogP contribution in [-0.2, 0) is 19.5 Å². The molecule has 0 aromatic rings. The van der Waals surface area contributed by atoms with E-state index >= 15 is 0 Å². The molecule has 2 atom stereocenters. The third-order valence-electron chi connectivity index (χ3n) is 3.35. The topological polar surface area (TPSA) is 14.1 Å². The summed E-state index contributed by atoms with van der Waals surface area (Å²) in [6.07, 6.45) is 9.18. The molecule has 2 unspecified atom stereocenters. The van der Waals surface area contributed by atoms with E-state index in [0.717, 1.165) is 0 Å². The number of hydrogen-bond acceptors (Lipinski definition) is 0. The van der Waals surface area contributed by atoms with Gasteiger partial charge in [-0.3, -0.25) is 0 Å². The van der Waals surface area contributed by atoms with Gasteiger partial charge in [0, 0.05) is 48.7 Å². The molecule has 100 valence electrons. The Labute approximate surface area is 127 Å². The van der Waals surface area contributed by atoms with E-state index in [1.165, 1.54) is 25.4 Å². The monoisotopic (exact) mass is 380 g/mol. The van der Waals surface area contributed by atoms with Gasteiger partial charge in [0.05, 0.1) is 24.6 Å². The second kappa shape index (κ2) is 12.9. The largest absolute Gasteiger partial charge is 1.00 e. The maximum absolute atomic E-state index is 4.68. The van der Waals surface area contributed by atoms with Gasteiger partial charge in [-0.25, -0.2) is 0 Å². The molecule has 17 heavy (non-hydrogen) atoms. The Hall–Kier alpha value is 1.94. The van der Waals surface area contributed by atoms with Crippen molar-refractivity contribution in [3.63, 3.8) is 0 Å². The van der Waals surface area contributed by atoms with Gasteiger partial charge in [-0.1, -0.05) is 0 Å². The molecule has 1 rings (SSSR count). The van der Waals surface area contributed by atoms with E-state index in [1.54, 1.807) is 24.6 Å². The summed E-state index contributed by atoms with van der Waals surface area (Å²) in [7, 11) is -0.0121. The molecule has 0 aromatic carbocycles. The second-order valence-electron chi connectivity index (χ2n) is 5.04. The van der Waals surface area contributed by atoms with Crippen molar-refractivity contribution in [1.82, 2.24) is 0 Å². The van der Waals surface area contributed by atoms with Crippen LogP contribution in [0.15, 0.2) is 0 Å². The van der Waals surface area contributed by atoms with E-state index in [1.807, 2.05) is 0 Å². The van der Waals surface area contributed by atoms with Crippen molar-refractivity contribution in [3.8, 4) is 0 Å². The minimum atomic E-state index is -0.0244. The average molecular weight is 379 g/mol. The fourth-order valence-corrected chi connectivity index (χ4v) is 10.5. The van der Waals surface area contributed by atoms with E-state index in [4.69, 9.17) is 0 Å². The van der Waals surface area contributed by atoms with Crippen molar-refractivity contribution in [3.05, 3.63) is 5.32 Å². The number of hydrogen-bond donors (Lipinski definition) is 0. The summed E-state index contributed by atoms with van der Waals surface area (Å²) in [6, 6.07) is 0. The van der Waals surface area contributed by atoms with Gasteiger partial charge in [-0.15, -0.1) is 13.1 Å². The average Bonchev–Trinajstić information content (AvgIpc) is 2.21. The van der Waals surface area contributed by atoms with E-state index < -0.39 is 0 Å². The molecule has 1 heterocycles. The van der Waals surface area contributed by atoms with E-state index in [2.05, 4.69) is 25.3 Å². The summed E-state index contributed by atoms with van der Waals surface area (Å²) in [5.74, 6) is 0. The van der Waals surface area contributed by atoms with Crippen LogP contribution in [0, 0.1) is 0 Å². The van der Waals surface area contributed by atoms with Crippen LogP contribution in [0.1, 0.15) is 0 Å². The zero-order valence-electron chi connectivity index (χ0n) is 11.5. The Morgan fingerprint density at radius 3 is 1.29 bits per heavy atom. The van der Waals surface area contributed by atoms with Gasteiger partial charge >= 0.3 is 19.5 Å². The fraction of sp³-hybridized carbons (Fsp3) is 1.00. The van der Waals surface area contributed by atoms with Crippen molar-refractivity contribution >= 4 is 32.2 Å². The molecule has 1 fully saturated rings. The van der Waals surface area contributed by atoms with E-state index in [-0.39, 0.29) is 51.7 Å². The molecular weight excluding hydrogens is 351 g/mol. The van der Waals surface area contributed by atoms with Crippen LogP contribution in [0.5, 0.6) is 0 Å². The molecule has 0 N–H and O–H groups in total. The van der Waals surface area contributed by atoms with Crippen LogP contribution < -0.4 is 0 Å². The Balaban J connectivity index is 0. The maximum Gasteiger partial charge on any atom is 1.00 e. The van der Waals surface area contributed by atoms with Gasteiger partial charge in [0.25, 0.3) is 0 Å². The summed E-state index contributed by atoms with van der Waals surface area (Å²) in [6.45, 7) is 9.93. The molecule has 0 saturated carbocycles. The predicted octanol–water partition coefficient (Wildman–Crippen LogP) is 2.52. The minimum Gasteiger partial charge on any atom is -0.656 e. The third kappa shape index (κ3) is 11.5. The molecule has 6 heteroatoms. The first-order valence-electron chi connectivity index (χ1n) is 6.25. The Bertz CT molecular complexity index is 161. The van der Waals surface area contributed by atoms with E-state index in [9.17, 15) is 0 Å². The molecule has 1 nitrogen and oxygen atoms in total. The molecule has 0 amide bonds. The first-order chi connectivity index (χ1) is 7.18. The quantitative estimate of drug-likeness (QED) is 0.454. The van der Waals surface area contributed by atoms with Crippen LogP contribution >= 0.6 is 23.8 Å². The molecule has 0 aromatic heterocycles. The smallest absolute Gasteiger partial charge is 0.656 e. The summed E-state index contributed by atoms with van der Waals surface area (Å²) in [5.41, 5.74) is 0. The Morgan fingerprint density at radius 1 is 0.647 bits per heavy atom. The first-order valence-corrected chi connectivity index (χ1v) is 13.5. The first kappa shape index (κ1) is 21.2. The molecule has 0 aliphatic carbocycles. The van der Waals surface area contributed by atoms with Gasteiger partial charge in [0.2, 0.25) is 0 Å². The predicted molar refractivity (Wildman–Crippen MR) is 90.8 cm³/mol. The molecule has 0 spiro atoms. The third-order valence-corrected chi connectivity index (χ3v) is 10.9. The van der Waals surface area contributed by atoms with Crippen molar-refractivity contribution in [2.75, 3.05) is 70.1 Å². The summed E-state index contributed by atoms with van der Waals surface area (Å²) < 4.78 is 0. The standard InChI is InChI=1S/C11H25NP3.B.Ru/c1-13-6-4-12-5-7-14(2)9-11-15(3)10-8-13;;/h4-11H2,1-3H3;;/q-1;;+1/p+3. The van der Waals surface area contributed by atoms with E-state index in [0.29, 0.717) is 0 Å². The SMILES string of the molecule is C[PH+]1CC[N-]CC[PH+](C)CC[PH+](C)CC1.[B].[Ru+]. The molecule has 1 saturated heterocycles. The summed E-state index contributed by atoms with van der Waals surface area (Å²) >= 11 is 0. The zero-order valence-corrected chi connectivity index (χ0v) is 16.3. The second-order valence-corrected chi connectivity index (χ2v) is 13.8. The van der Waals surface area contributed by atoms with Crippen molar-refractivity contribution in [2.24, 2.45) is 0 Å². The summed E-state index contributed by atoms with van der Waals surface area (Å²) in [4.78, 5) is 0. The molecule has 1 aliphatic rings. The van der Waals surface area contributed by atoms with Gasteiger partial charge in [-0.2, -0.15) is 0 Å². The summed E-state index contributed by atoms with van der Waals surface area (Å²) in [5, 5.41) is 4.68. The van der Waals surface area contributed by atoms with Crippen LogP contribution in [0.2, 0.25) is 0 Å². The van der Waals surface area contributed by atoms with Crippen LogP contribution in [0.25, 0.3) is 5.32 Å². The van der Waals surface area contributed by atoms with Crippen LogP contribution in [0.3, 0.4) is 0 Å².